The van der Waals surface area contributed by atoms with E-state index in [2.05, 4.69) is 35.6 Å². The molecule has 2 aliphatic rings. The molecule has 1 aliphatic carbocycles. The van der Waals surface area contributed by atoms with Crippen molar-refractivity contribution in [3.63, 3.8) is 0 Å². The first-order chi connectivity index (χ1) is 9.79. The second kappa shape index (κ2) is 8.63. The molecule has 1 heterocycles. The van der Waals surface area contributed by atoms with Crippen LogP contribution in [0.25, 0.3) is 0 Å². The van der Waals surface area contributed by atoms with Crippen molar-refractivity contribution in [2.45, 2.75) is 46.0 Å². The fraction of sp³-hybridized carbons (Fsp3) is 0.750. The molecule has 0 atom stereocenters. The van der Waals surface area contributed by atoms with Crippen LogP contribution in [0, 0.1) is 5.92 Å². The third-order valence-corrected chi connectivity index (χ3v) is 5.20. The Labute approximate surface area is 128 Å². The molecule has 1 aliphatic heterocycles. The molecule has 1 saturated carbocycles. The summed E-state index contributed by atoms with van der Waals surface area (Å²) in [5, 5.41) is 0. The number of nitrogens with one attached hydrogen (secondary N) is 1. The standard InChI is InChI=1S/C16H28N2OS/c1-3-18-13-19-11-16(10-9-14(18)2)17-20-12-15-7-5-4-6-8-15/h9-10,15,17H,3-8,11-13H2,1-2H3/b14-9-,16-10+. The Morgan fingerprint density at radius 1 is 1.30 bits per heavy atom. The van der Waals surface area contributed by atoms with Gasteiger partial charge in [-0.05, 0) is 44.8 Å². The number of nitrogens with zero attached hydrogens (tertiary/aromatic N) is 1. The zero-order valence-corrected chi connectivity index (χ0v) is 13.7. The average Bonchev–Trinajstić information content (AvgIpc) is 2.47. The molecule has 2 rings (SSSR count). The molecule has 0 amide bonds. The van der Waals surface area contributed by atoms with Gasteiger partial charge >= 0.3 is 0 Å². The van der Waals surface area contributed by atoms with E-state index in [0.717, 1.165) is 12.5 Å². The monoisotopic (exact) mass is 296 g/mol. The van der Waals surface area contributed by atoms with Crippen LogP contribution in [-0.4, -0.2) is 30.5 Å². The zero-order valence-electron chi connectivity index (χ0n) is 12.9. The van der Waals surface area contributed by atoms with Gasteiger partial charge in [0.2, 0.25) is 0 Å². The van der Waals surface area contributed by atoms with Crippen LogP contribution in [0.2, 0.25) is 0 Å². The summed E-state index contributed by atoms with van der Waals surface area (Å²) in [6.07, 6.45) is 11.5. The Bertz CT molecular complexity index is 348. The molecule has 20 heavy (non-hydrogen) atoms. The lowest BCUT2D eigenvalue weighted by atomic mass is 9.91. The first kappa shape index (κ1) is 15.8. The van der Waals surface area contributed by atoms with Crippen LogP contribution in [0.5, 0.6) is 0 Å². The lowest BCUT2D eigenvalue weighted by Gasteiger charge is -2.26. The van der Waals surface area contributed by atoms with Crippen LogP contribution < -0.4 is 4.72 Å². The van der Waals surface area contributed by atoms with Gasteiger partial charge < -0.3 is 14.4 Å². The van der Waals surface area contributed by atoms with E-state index in [1.807, 2.05) is 11.9 Å². The lowest BCUT2D eigenvalue weighted by Crippen LogP contribution is -2.27. The van der Waals surface area contributed by atoms with Crippen molar-refractivity contribution in [1.29, 1.82) is 0 Å². The summed E-state index contributed by atoms with van der Waals surface area (Å²) in [4.78, 5) is 2.24. The van der Waals surface area contributed by atoms with E-state index in [4.69, 9.17) is 4.74 Å². The summed E-state index contributed by atoms with van der Waals surface area (Å²) in [6.45, 7) is 6.66. The minimum atomic E-state index is 0.679. The molecule has 114 valence electrons. The topological polar surface area (TPSA) is 24.5 Å². The van der Waals surface area contributed by atoms with Gasteiger partial charge in [0.05, 0.1) is 6.61 Å². The summed E-state index contributed by atoms with van der Waals surface area (Å²) in [5.74, 6) is 2.13. The van der Waals surface area contributed by atoms with Crippen molar-refractivity contribution >= 4 is 11.9 Å². The van der Waals surface area contributed by atoms with E-state index in [1.54, 1.807) is 0 Å². The van der Waals surface area contributed by atoms with E-state index in [0.29, 0.717) is 13.3 Å². The largest absolute Gasteiger partial charge is 0.355 e. The van der Waals surface area contributed by atoms with Crippen LogP contribution in [0.4, 0.5) is 0 Å². The summed E-state index contributed by atoms with van der Waals surface area (Å²) < 4.78 is 9.22. The second-order valence-electron chi connectivity index (χ2n) is 5.75. The molecule has 0 saturated heterocycles. The maximum absolute atomic E-state index is 5.74. The molecule has 0 unspecified atom stereocenters. The van der Waals surface area contributed by atoms with Crippen LogP contribution >= 0.6 is 11.9 Å². The van der Waals surface area contributed by atoms with Crippen LogP contribution in [0.15, 0.2) is 23.5 Å². The van der Waals surface area contributed by atoms with Crippen LogP contribution in [0.3, 0.4) is 0 Å². The van der Waals surface area contributed by atoms with Crippen molar-refractivity contribution in [1.82, 2.24) is 9.62 Å². The Balaban J connectivity index is 1.76. The second-order valence-corrected chi connectivity index (χ2v) is 6.58. The third kappa shape index (κ3) is 5.06. The molecule has 3 nitrogen and oxygen atoms in total. The smallest absolute Gasteiger partial charge is 0.119 e. The molecule has 0 aromatic heterocycles. The van der Waals surface area contributed by atoms with E-state index in [-0.39, 0.29) is 0 Å². The number of hydrogen-bond donors (Lipinski definition) is 1. The fourth-order valence-electron chi connectivity index (χ4n) is 2.75. The summed E-state index contributed by atoms with van der Waals surface area (Å²) in [7, 11) is 0. The van der Waals surface area contributed by atoms with Crippen LogP contribution in [0.1, 0.15) is 46.0 Å². The van der Waals surface area contributed by atoms with Gasteiger partial charge in [0.25, 0.3) is 0 Å². The van der Waals surface area contributed by atoms with Gasteiger partial charge in [0, 0.05) is 23.7 Å². The molecular formula is C16H28N2OS. The van der Waals surface area contributed by atoms with Gasteiger partial charge in [-0.3, -0.25) is 0 Å². The minimum absolute atomic E-state index is 0.679. The number of hydrogen-bond acceptors (Lipinski definition) is 4. The molecule has 0 aromatic carbocycles. The fourth-order valence-corrected chi connectivity index (χ4v) is 3.72. The highest BCUT2D eigenvalue weighted by molar-refractivity contribution is 7.97. The van der Waals surface area contributed by atoms with Gasteiger partial charge in [-0.1, -0.05) is 31.2 Å². The predicted octanol–water partition coefficient (Wildman–Crippen LogP) is 3.90. The van der Waals surface area contributed by atoms with Crippen molar-refractivity contribution in [2.24, 2.45) is 5.92 Å². The van der Waals surface area contributed by atoms with E-state index in [9.17, 15) is 0 Å². The molecule has 0 spiro atoms. The highest BCUT2D eigenvalue weighted by Gasteiger charge is 2.13. The van der Waals surface area contributed by atoms with Gasteiger partial charge in [0.15, 0.2) is 0 Å². The summed E-state index contributed by atoms with van der Waals surface area (Å²) in [6, 6.07) is 0. The summed E-state index contributed by atoms with van der Waals surface area (Å²) in [5.41, 5.74) is 2.45. The Kier molecular flexibility index (Phi) is 6.80. The number of allylic oxidation sites excluding steroid dienone is 3. The van der Waals surface area contributed by atoms with E-state index >= 15 is 0 Å². The van der Waals surface area contributed by atoms with Crippen LogP contribution in [-0.2, 0) is 4.74 Å². The maximum Gasteiger partial charge on any atom is 0.119 e. The van der Waals surface area contributed by atoms with Crippen molar-refractivity contribution in [3.8, 4) is 0 Å². The Hall–Kier alpha value is -0.610. The molecule has 4 heteroatoms. The quantitative estimate of drug-likeness (QED) is 0.778. The normalized spacial score (nSPS) is 27.0. The highest BCUT2D eigenvalue weighted by atomic mass is 32.2. The lowest BCUT2D eigenvalue weighted by molar-refractivity contribution is 0.0613. The van der Waals surface area contributed by atoms with Gasteiger partial charge in [-0.15, -0.1) is 0 Å². The molecular weight excluding hydrogens is 268 g/mol. The van der Waals surface area contributed by atoms with E-state index in [1.165, 1.54) is 49.3 Å². The maximum atomic E-state index is 5.74. The molecule has 0 aromatic rings. The number of rotatable bonds is 5. The minimum Gasteiger partial charge on any atom is -0.355 e. The summed E-state index contributed by atoms with van der Waals surface area (Å²) >= 11 is 1.85. The van der Waals surface area contributed by atoms with Gasteiger partial charge in [0.1, 0.15) is 6.73 Å². The SMILES string of the molecule is CCN1COC/C(NSCC2CCCCC2)=C\C=C/1C. The van der Waals surface area contributed by atoms with E-state index < -0.39 is 0 Å². The first-order valence-electron chi connectivity index (χ1n) is 7.87. The van der Waals surface area contributed by atoms with Crippen molar-refractivity contribution in [2.75, 3.05) is 25.6 Å². The molecule has 1 N–H and O–H groups in total. The highest BCUT2D eigenvalue weighted by Crippen LogP contribution is 2.26. The van der Waals surface area contributed by atoms with Crippen molar-refractivity contribution < 1.29 is 4.74 Å². The Morgan fingerprint density at radius 3 is 2.85 bits per heavy atom. The zero-order chi connectivity index (χ0) is 14.2. The number of ether oxygens (including phenoxy) is 1. The first-order valence-corrected chi connectivity index (χ1v) is 8.86. The van der Waals surface area contributed by atoms with Gasteiger partial charge in [-0.2, -0.15) is 0 Å². The Morgan fingerprint density at radius 2 is 2.10 bits per heavy atom. The van der Waals surface area contributed by atoms with Crippen molar-refractivity contribution in [3.05, 3.63) is 23.5 Å². The third-order valence-electron chi connectivity index (χ3n) is 4.16. The molecule has 0 radical (unpaired) electrons. The molecule has 0 bridgehead atoms. The molecule has 1 fully saturated rings. The predicted molar refractivity (Wildman–Crippen MR) is 87.2 cm³/mol. The average molecular weight is 296 g/mol. The van der Waals surface area contributed by atoms with Gasteiger partial charge in [-0.25, -0.2) is 0 Å².